The maximum absolute atomic E-state index is 12.8. The number of nitrogens with one attached hydrogen (secondary N) is 1. The second-order valence-corrected chi connectivity index (χ2v) is 11.7. The fourth-order valence-corrected chi connectivity index (χ4v) is 6.58. The summed E-state index contributed by atoms with van der Waals surface area (Å²) in [5.41, 5.74) is 11.9. The van der Waals surface area contributed by atoms with E-state index in [0.717, 1.165) is 30.6 Å². The number of rotatable bonds is 7. The lowest BCUT2D eigenvalue weighted by atomic mass is 9.91. The number of carbonyl (C=O) groups excluding carboxylic acids is 1. The SMILES string of the molecule is NC(=O)c1c(Cc2cnc(-c3coc4c(=O)cc(N5CCOCC5)oc34)s2)nc(N[C@H]2CCCC[C@H]2[NH3+])n2ncnc12. The maximum Gasteiger partial charge on any atom is 0.254 e. The van der Waals surface area contributed by atoms with Crippen molar-refractivity contribution in [3.05, 3.63) is 51.2 Å². The summed E-state index contributed by atoms with van der Waals surface area (Å²) < 4.78 is 18.7. The molecule has 6 heterocycles. The minimum absolute atomic E-state index is 0.132. The summed E-state index contributed by atoms with van der Waals surface area (Å²) in [7, 11) is 0. The van der Waals surface area contributed by atoms with Gasteiger partial charge in [-0.15, -0.1) is 11.3 Å². The molecule has 5 aromatic heterocycles. The number of amides is 1. The number of quaternary nitrogens is 1. The van der Waals surface area contributed by atoms with Gasteiger partial charge in [0.15, 0.2) is 17.1 Å². The third-order valence-electron chi connectivity index (χ3n) is 7.85. The highest BCUT2D eigenvalue weighted by Crippen LogP contribution is 2.35. The molecule has 1 saturated carbocycles. The van der Waals surface area contributed by atoms with E-state index in [1.165, 1.54) is 34.5 Å². The summed E-state index contributed by atoms with van der Waals surface area (Å²) in [4.78, 5) is 41.9. The molecule has 0 bridgehead atoms. The molecule has 5 aromatic rings. The highest BCUT2D eigenvalue weighted by molar-refractivity contribution is 7.15. The number of carbonyl (C=O) groups is 1. The van der Waals surface area contributed by atoms with Crippen molar-refractivity contribution in [2.45, 2.75) is 44.2 Å². The van der Waals surface area contributed by atoms with Crippen LogP contribution >= 0.6 is 11.3 Å². The fraction of sp³-hybridized carbons (Fsp3) is 0.407. The zero-order valence-electron chi connectivity index (χ0n) is 22.7. The fourth-order valence-electron chi connectivity index (χ4n) is 5.66. The first-order valence-electron chi connectivity index (χ1n) is 13.9. The maximum atomic E-state index is 12.8. The number of aromatic nitrogens is 5. The zero-order valence-corrected chi connectivity index (χ0v) is 23.6. The van der Waals surface area contributed by atoms with Gasteiger partial charge in [0, 0.05) is 37.0 Å². The Morgan fingerprint density at radius 3 is 2.83 bits per heavy atom. The Labute approximate surface area is 242 Å². The molecule has 1 aliphatic heterocycles. The van der Waals surface area contributed by atoms with Gasteiger partial charge in [0.2, 0.25) is 17.0 Å². The lowest BCUT2D eigenvalue weighted by Gasteiger charge is -2.27. The highest BCUT2D eigenvalue weighted by atomic mass is 32.1. The van der Waals surface area contributed by atoms with Crippen LogP contribution in [0.25, 0.3) is 27.4 Å². The second kappa shape index (κ2) is 10.8. The van der Waals surface area contributed by atoms with Crippen LogP contribution in [0.3, 0.4) is 0 Å². The molecule has 0 radical (unpaired) electrons. The predicted molar refractivity (Wildman–Crippen MR) is 154 cm³/mol. The predicted octanol–water partition coefficient (Wildman–Crippen LogP) is 1.44. The number of nitrogens with two attached hydrogens (primary N) is 1. The summed E-state index contributed by atoms with van der Waals surface area (Å²) in [5.74, 6) is 0.318. The molecule has 0 spiro atoms. The molecular weight excluding hydrogens is 562 g/mol. The number of thiazole rings is 1. The molecule has 1 aliphatic carbocycles. The number of fused-ring (bicyclic) bond motifs is 2. The largest absolute Gasteiger partial charge is 0.456 e. The van der Waals surface area contributed by atoms with Crippen LogP contribution in [-0.2, 0) is 11.2 Å². The molecule has 6 N–H and O–H groups in total. The number of primary amides is 1. The molecule has 0 unspecified atom stereocenters. The van der Waals surface area contributed by atoms with Crippen LogP contribution in [0.15, 0.2) is 38.5 Å². The first-order chi connectivity index (χ1) is 20.5. The van der Waals surface area contributed by atoms with Gasteiger partial charge in [0.25, 0.3) is 5.91 Å². The van der Waals surface area contributed by atoms with Crippen LogP contribution in [0.1, 0.15) is 46.6 Å². The normalized spacial score (nSPS) is 19.5. The van der Waals surface area contributed by atoms with E-state index in [1.807, 2.05) is 4.90 Å². The van der Waals surface area contributed by atoms with E-state index >= 15 is 0 Å². The third-order valence-corrected chi connectivity index (χ3v) is 8.88. The Hall–Kier alpha value is -4.34. The number of ether oxygens (including phenoxy) is 1. The van der Waals surface area contributed by atoms with E-state index in [9.17, 15) is 9.59 Å². The van der Waals surface area contributed by atoms with Crippen LogP contribution in [0.2, 0.25) is 0 Å². The van der Waals surface area contributed by atoms with Crippen LogP contribution < -0.4 is 27.1 Å². The van der Waals surface area contributed by atoms with Gasteiger partial charge in [-0.2, -0.15) is 9.61 Å². The van der Waals surface area contributed by atoms with Gasteiger partial charge in [-0.1, -0.05) is 6.42 Å². The molecule has 2 aliphatic rings. The first-order valence-corrected chi connectivity index (χ1v) is 14.7. The summed E-state index contributed by atoms with van der Waals surface area (Å²) in [6, 6.07) is 1.81. The van der Waals surface area contributed by atoms with Crippen molar-refractivity contribution in [2.24, 2.45) is 5.73 Å². The van der Waals surface area contributed by atoms with Gasteiger partial charge in [-0.3, -0.25) is 9.59 Å². The molecule has 2 fully saturated rings. The van der Waals surface area contributed by atoms with E-state index < -0.39 is 5.91 Å². The molecule has 14 nitrogen and oxygen atoms in total. The number of morpholine rings is 1. The second-order valence-electron chi connectivity index (χ2n) is 10.6. The quantitative estimate of drug-likeness (QED) is 0.247. The first kappa shape index (κ1) is 26.6. The average Bonchev–Trinajstić information content (AvgIpc) is 3.75. The molecule has 7 rings (SSSR count). The van der Waals surface area contributed by atoms with Gasteiger partial charge in [-0.25, -0.2) is 15.0 Å². The van der Waals surface area contributed by atoms with E-state index in [4.69, 9.17) is 24.3 Å². The molecule has 1 saturated heterocycles. The van der Waals surface area contributed by atoms with Gasteiger partial charge in [0.1, 0.15) is 29.2 Å². The lowest BCUT2D eigenvalue weighted by molar-refractivity contribution is -0.427. The number of anilines is 2. The van der Waals surface area contributed by atoms with Crippen LogP contribution in [0.5, 0.6) is 0 Å². The average molecular weight is 593 g/mol. The van der Waals surface area contributed by atoms with Crippen molar-refractivity contribution < 1.29 is 24.1 Å². The Kier molecular flexibility index (Phi) is 6.84. The summed E-state index contributed by atoms with van der Waals surface area (Å²) in [5, 5.41) is 8.40. The Morgan fingerprint density at radius 1 is 1.19 bits per heavy atom. The number of hydrogen-bond donors (Lipinski definition) is 3. The minimum atomic E-state index is -0.641. The van der Waals surface area contributed by atoms with Crippen LogP contribution in [-0.4, -0.2) is 68.9 Å². The lowest BCUT2D eigenvalue weighted by Crippen LogP contribution is -2.68. The smallest absolute Gasteiger partial charge is 0.254 e. The van der Waals surface area contributed by atoms with Crippen molar-refractivity contribution in [2.75, 3.05) is 36.5 Å². The van der Waals surface area contributed by atoms with Gasteiger partial charge in [-0.05, 0) is 12.8 Å². The molecule has 2 atom stereocenters. The zero-order chi connectivity index (χ0) is 28.8. The van der Waals surface area contributed by atoms with E-state index in [0.29, 0.717) is 65.6 Å². The highest BCUT2D eigenvalue weighted by Gasteiger charge is 2.28. The molecule has 42 heavy (non-hydrogen) atoms. The molecule has 15 heteroatoms. The Morgan fingerprint density at radius 2 is 2.02 bits per heavy atom. The molecule has 218 valence electrons. The standard InChI is InChI=1S/C27H29N9O5S/c28-16-3-1-2-4-17(16)33-27-34-18(21(24(29)38)25-31-13-32-36(25)27)9-14-11-30-26(42-14)15-12-40-23-19(37)10-20(41-22(15)23)35-5-7-39-8-6-35/h10-13,16-17H,1-9,28H2,(H2,29,38)(H,33,34)/p+1/t16-,17+/m1/s1. The molecular formula is C27H30N9O5S+. The van der Waals surface area contributed by atoms with Crippen LogP contribution in [0.4, 0.5) is 11.8 Å². The number of furan rings is 1. The van der Waals surface area contributed by atoms with Crippen LogP contribution in [0, 0.1) is 0 Å². The van der Waals surface area contributed by atoms with Gasteiger partial charge in [0.05, 0.1) is 36.6 Å². The number of hydrogen-bond acceptors (Lipinski definition) is 12. The number of nitrogens with zero attached hydrogens (tertiary/aromatic N) is 6. The Balaban J connectivity index is 1.23. The topological polar surface area (TPSA) is 195 Å². The minimum Gasteiger partial charge on any atom is -0.456 e. The van der Waals surface area contributed by atoms with Crippen molar-refractivity contribution in [1.82, 2.24) is 24.6 Å². The third kappa shape index (κ3) is 4.78. The molecule has 1 amide bonds. The molecule has 0 aromatic carbocycles. The van der Waals surface area contributed by atoms with E-state index in [1.54, 1.807) is 6.20 Å². The summed E-state index contributed by atoms with van der Waals surface area (Å²) in [6.07, 6.45) is 9.13. The summed E-state index contributed by atoms with van der Waals surface area (Å²) in [6.45, 7) is 2.38. The van der Waals surface area contributed by atoms with Crippen molar-refractivity contribution >= 4 is 45.9 Å². The Bertz CT molecular complexity index is 1840. The van der Waals surface area contributed by atoms with Gasteiger partial charge >= 0.3 is 0 Å². The summed E-state index contributed by atoms with van der Waals surface area (Å²) >= 11 is 1.39. The van der Waals surface area contributed by atoms with E-state index in [2.05, 4.69) is 26.1 Å². The monoisotopic (exact) mass is 592 g/mol. The van der Waals surface area contributed by atoms with Crippen molar-refractivity contribution in [3.8, 4) is 10.6 Å². The van der Waals surface area contributed by atoms with Crippen molar-refractivity contribution in [1.29, 1.82) is 0 Å². The van der Waals surface area contributed by atoms with E-state index in [-0.39, 0.29) is 35.1 Å². The van der Waals surface area contributed by atoms with Crippen molar-refractivity contribution in [3.63, 3.8) is 0 Å². The van der Waals surface area contributed by atoms with Gasteiger partial charge < -0.3 is 35.3 Å².